The third kappa shape index (κ3) is 3.36. The molecule has 2 rings (SSSR count). The molecule has 2 aliphatic carbocycles. The number of aldehydes is 1. The highest BCUT2D eigenvalue weighted by molar-refractivity contribution is 9.11. The number of carbonyl (C=O) groups excluding carboxylic acids is 1. The SMILES string of the molecule is CCCC1CCC(C2=C(F)C(C=O)=C(Br)CC2)CC1. The molecule has 3 heteroatoms. The first-order valence-corrected chi connectivity index (χ1v) is 8.19. The third-order valence-corrected chi connectivity index (χ3v) is 5.40. The third-order valence-electron chi connectivity index (χ3n) is 4.58. The monoisotopic (exact) mass is 328 g/mol. The van der Waals surface area contributed by atoms with Gasteiger partial charge < -0.3 is 0 Å². The van der Waals surface area contributed by atoms with Gasteiger partial charge in [0.25, 0.3) is 0 Å². The molecule has 0 spiro atoms. The Morgan fingerprint density at radius 3 is 2.53 bits per heavy atom. The van der Waals surface area contributed by atoms with Crippen molar-refractivity contribution in [3.63, 3.8) is 0 Å². The highest BCUT2D eigenvalue weighted by Crippen LogP contribution is 2.43. The molecule has 0 saturated heterocycles. The summed E-state index contributed by atoms with van der Waals surface area (Å²) in [6.45, 7) is 2.23. The molecule has 0 aromatic heterocycles. The van der Waals surface area contributed by atoms with Crippen LogP contribution in [0.4, 0.5) is 4.39 Å². The van der Waals surface area contributed by atoms with E-state index in [9.17, 15) is 9.18 Å². The molecule has 19 heavy (non-hydrogen) atoms. The Morgan fingerprint density at radius 1 is 1.26 bits per heavy atom. The summed E-state index contributed by atoms with van der Waals surface area (Å²) in [6, 6.07) is 0. The van der Waals surface area contributed by atoms with E-state index in [1.54, 1.807) is 0 Å². The van der Waals surface area contributed by atoms with Gasteiger partial charge in [0.2, 0.25) is 0 Å². The van der Waals surface area contributed by atoms with Crippen LogP contribution in [0.5, 0.6) is 0 Å². The summed E-state index contributed by atoms with van der Waals surface area (Å²) in [7, 11) is 0. The van der Waals surface area contributed by atoms with Gasteiger partial charge in [-0.15, -0.1) is 0 Å². The largest absolute Gasteiger partial charge is 0.298 e. The van der Waals surface area contributed by atoms with Crippen molar-refractivity contribution in [2.24, 2.45) is 11.8 Å². The molecule has 1 nitrogen and oxygen atoms in total. The number of hydrogen-bond acceptors (Lipinski definition) is 1. The summed E-state index contributed by atoms with van der Waals surface area (Å²) in [6.07, 6.45) is 9.37. The van der Waals surface area contributed by atoms with Gasteiger partial charge in [0.1, 0.15) is 5.83 Å². The molecule has 2 aliphatic rings. The van der Waals surface area contributed by atoms with Crippen LogP contribution >= 0.6 is 15.9 Å². The van der Waals surface area contributed by atoms with Crippen molar-refractivity contribution in [2.75, 3.05) is 0 Å². The van der Waals surface area contributed by atoms with Crippen LogP contribution < -0.4 is 0 Å². The molecule has 0 N–H and O–H groups in total. The van der Waals surface area contributed by atoms with Crippen molar-refractivity contribution in [3.8, 4) is 0 Å². The fourth-order valence-corrected chi connectivity index (χ4v) is 3.95. The first-order valence-electron chi connectivity index (χ1n) is 7.40. The van der Waals surface area contributed by atoms with E-state index in [2.05, 4.69) is 22.9 Å². The fourth-order valence-electron chi connectivity index (χ4n) is 3.49. The van der Waals surface area contributed by atoms with Gasteiger partial charge in [0, 0.05) is 4.48 Å². The predicted octanol–water partition coefficient (Wildman–Crippen LogP) is 5.46. The molecule has 0 radical (unpaired) electrons. The van der Waals surface area contributed by atoms with Gasteiger partial charge in [0.05, 0.1) is 5.57 Å². The molecular weight excluding hydrogens is 307 g/mol. The molecule has 0 aliphatic heterocycles. The Kier molecular flexibility index (Phi) is 5.37. The topological polar surface area (TPSA) is 17.1 Å². The average Bonchev–Trinajstić information content (AvgIpc) is 2.41. The maximum atomic E-state index is 14.4. The lowest BCUT2D eigenvalue weighted by Crippen LogP contribution is -2.18. The van der Waals surface area contributed by atoms with Gasteiger partial charge in [-0.05, 0) is 55.9 Å². The molecule has 0 amide bonds. The standard InChI is InChI=1S/C16H22BrFO/c1-2-3-11-4-6-12(7-5-11)13-8-9-15(17)14(10-19)16(13)18/h10-12H,2-9H2,1H3. The lowest BCUT2D eigenvalue weighted by molar-refractivity contribution is -0.104. The van der Waals surface area contributed by atoms with Gasteiger partial charge in [0.15, 0.2) is 6.29 Å². The molecule has 0 aromatic rings. The normalized spacial score (nSPS) is 28.8. The van der Waals surface area contributed by atoms with E-state index >= 15 is 0 Å². The molecule has 0 aromatic carbocycles. The Labute approximate surface area is 123 Å². The second-order valence-corrected chi connectivity index (χ2v) is 6.74. The Bertz CT molecular complexity index is 403. The molecule has 0 atom stereocenters. The summed E-state index contributed by atoms with van der Waals surface area (Å²) in [4.78, 5) is 11.0. The number of allylic oxidation sites excluding steroid dienone is 4. The molecule has 1 fully saturated rings. The molecule has 0 unspecified atom stereocenters. The summed E-state index contributed by atoms with van der Waals surface area (Å²) < 4.78 is 15.1. The van der Waals surface area contributed by atoms with Crippen LogP contribution in [0.3, 0.4) is 0 Å². The Hall–Kier alpha value is -0.440. The number of carbonyl (C=O) groups is 1. The molecule has 0 bridgehead atoms. The van der Waals surface area contributed by atoms with Gasteiger partial charge in [-0.1, -0.05) is 35.7 Å². The van der Waals surface area contributed by atoms with Crippen LogP contribution in [0.2, 0.25) is 0 Å². The fraction of sp³-hybridized carbons (Fsp3) is 0.688. The van der Waals surface area contributed by atoms with E-state index in [1.165, 1.54) is 25.7 Å². The van der Waals surface area contributed by atoms with Crippen LogP contribution in [-0.2, 0) is 4.79 Å². The maximum absolute atomic E-state index is 14.4. The van der Waals surface area contributed by atoms with Crippen LogP contribution in [0.15, 0.2) is 21.5 Å². The maximum Gasteiger partial charge on any atom is 0.153 e. The van der Waals surface area contributed by atoms with Crippen molar-refractivity contribution in [1.29, 1.82) is 0 Å². The lowest BCUT2D eigenvalue weighted by Gasteiger charge is -2.31. The highest BCUT2D eigenvalue weighted by Gasteiger charge is 2.29. The van der Waals surface area contributed by atoms with Crippen molar-refractivity contribution in [1.82, 2.24) is 0 Å². The van der Waals surface area contributed by atoms with Gasteiger partial charge in [-0.2, -0.15) is 0 Å². The van der Waals surface area contributed by atoms with E-state index in [4.69, 9.17) is 0 Å². The minimum Gasteiger partial charge on any atom is -0.298 e. The molecule has 106 valence electrons. The average molecular weight is 329 g/mol. The summed E-state index contributed by atoms with van der Waals surface area (Å²) in [5.74, 6) is 0.956. The minimum absolute atomic E-state index is 0.243. The number of halogens is 2. The van der Waals surface area contributed by atoms with Crippen molar-refractivity contribution in [3.05, 3.63) is 21.5 Å². The van der Waals surface area contributed by atoms with E-state index in [1.807, 2.05) is 0 Å². The smallest absolute Gasteiger partial charge is 0.153 e. The Balaban J connectivity index is 2.07. The predicted molar refractivity (Wildman–Crippen MR) is 79.7 cm³/mol. The van der Waals surface area contributed by atoms with E-state index in [-0.39, 0.29) is 11.4 Å². The van der Waals surface area contributed by atoms with E-state index in [0.29, 0.717) is 12.2 Å². The zero-order valence-corrected chi connectivity index (χ0v) is 13.1. The first kappa shape index (κ1) is 15.0. The minimum atomic E-state index is -0.243. The lowest BCUT2D eigenvalue weighted by atomic mass is 9.74. The second kappa shape index (κ2) is 6.83. The highest BCUT2D eigenvalue weighted by atomic mass is 79.9. The zero-order chi connectivity index (χ0) is 13.8. The first-order chi connectivity index (χ1) is 9.17. The second-order valence-electron chi connectivity index (χ2n) is 5.78. The zero-order valence-electron chi connectivity index (χ0n) is 11.6. The van der Waals surface area contributed by atoms with E-state index in [0.717, 1.165) is 41.7 Å². The summed E-state index contributed by atoms with van der Waals surface area (Å²) >= 11 is 3.31. The van der Waals surface area contributed by atoms with E-state index < -0.39 is 0 Å². The molecular formula is C16H22BrFO. The number of rotatable bonds is 4. The molecule has 0 heterocycles. The summed E-state index contributed by atoms with van der Waals surface area (Å²) in [5, 5.41) is 0. The summed E-state index contributed by atoms with van der Waals surface area (Å²) in [5.41, 5.74) is 1.15. The molecule has 1 saturated carbocycles. The van der Waals surface area contributed by atoms with Gasteiger partial charge >= 0.3 is 0 Å². The van der Waals surface area contributed by atoms with Crippen LogP contribution in [0, 0.1) is 11.8 Å². The van der Waals surface area contributed by atoms with Crippen LogP contribution in [0.1, 0.15) is 58.3 Å². The van der Waals surface area contributed by atoms with Gasteiger partial charge in [-0.3, -0.25) is 4.79 Å². The number of hydrogen-bond donors (Lipinski definition) is 0. The van der Waals surface area contributed by atoms with Crippen LogP contribution in [0.25, 0.3) is 0 Å². The Morgan fingerprint density at radius 2 is 1.95 bits per heavy atom. The van der Waals surface area contributed by atoms with Gasteiger partial charge in [-0.25, -0.2) is 4.39 Å². The van der Waals surface area contributed by atoms with Crippen molar-refractivity contribution in [2.45, 2.75) is 58.3 Å². The van der Waals surface area contributed by atoms with Crippen molar-refractivity contribution < 1.29 is 9.18 Å². The van der Waals surface area contributed by atoms with Crippen molar-refractivity contribution >= 4 is 22.2 Å². The quantitative estimate of drug-likeness (QED) is 0.626. The van der Waals surface area contributed by atoms with Crippen LogP contribution in [-0.4, -0.2) is 6.29 Å².